The van der Waals surface area contributed by atoms with Crippen molar-refractivity contribution in [3.05, 3.63) is 95.4 Å². The molecule has 0 fully saturated rings. The van der Waals surface area contributed by atoms with E-state index >= 15 is 0 Å². The van der Waals surface area contributed by atoms with Crippen LogP contribution in [0.3, 0.4) is 0 Å². The number of anilines is 1. The second-order valence-electron chi connectivity index (χ2n) is 7.12. The smallest absolute Gasteiger partial charge is 0.274 e. The van der Waals surface area contributed by atoms with E-state index in [2.05, 4.69) is 26.7 Å². The van der Waals surface area contributed by atoms with Crippen LogP contribution in [0.25, 0.3) is 10.9 Å². The van der Waals surface area contributed by atoms with Gasteiger partial charge in [0, 0.05) is 41.1 Å². The SMILES string of the molecule is Cc1ccc(NC(=O)c2cc(C(=O)NCCc3c[nH]c4ccccc34)ccn2)cc1. The molecule has 150 valence electrons. The van der Waals surface area contributed by atoms with Gasteiger partial charge in [-0.1, -0.05) is 35.9 Å². The largest absolute Gasteiger partial charge is 0.361 e. The number of amides is 2. The molecule has 2 amide bonds. The van der Waals surface area contributed by atoms with Gasteiger partial charge in [-0.15, -0.1) is 0 Å². The van der Waals surface area contributed by atoms with Crippen LogP contribution >= 0.6 is 0 Å². The number of nitrogens with one attached hydrogen (secondary N) is 3. The molecule has 0 aliphatic heterocycles. The highest BCUT2D eigenvalue weighted by Gasteiger charge is 2.12. The van der Waals surface area contributed by atoms with E-state index in [9.17, 15) is 9.59 Å². The number of para-hydroxylation sites is 1. The number of rotatable bonds is 6. The monoisotopic (exact) mass is 398 g/mol. The Morgan fingerprint density at radius 3 is 2.63 bits per heavy atom. The third-order valence-electron chi connectivity index (χ3n) is 4.92. The lowest BCUT2D eigenvalue weighted by Crippen LogP contribution is -2.26. The van der Waals surface area contributed by atoms with E-state index in [0.29, 0.717) is 24.2 Å². The molecule has 0 bridgehead atoms. The molecule has 2 aromatic heterocycles. The van der Waals surface area contributed by atoms with Gasteiger partial charge < -0.3 is 15.6 Å². The van der Waals surface area contributed by atoms with Crippen LogP contribution in [-0.4, -0.2) is 28.3 Å². The predicted molar refractivity (Wildman–Crippen MR) is 118 cm³/mol. The van der Waals surface area contributed by atoms with Crippen LogP contribution in [0.4, 0.5) is 5.69 Å². The van der Waals surface area contributed by atoms with Gasteiger partial charge in [-0.2, -0.15) is 0 Å². The van der Waals surface area contributed by atoms with E-state index in [0.717, 1.165) is 22.0 Å². The summed E-state index contributed by atoms with van der Waals surface area (Å²) in [5, 5.41) is 6.86. The number of H-pyrrole nitrogens is 1. The molecule has 6 heteroatoms. The second-order valence-corrected chi connectivity index (χ2v) is 7.12. The molecule has 0 saturated carbocycles. The summed E-state index contributed by atoms with van der Waals surface area (Å²) < 4.78 is 0. The van der Waals surface area contributed by atoms with Crippen LogP contribution in [0.5, 0.6) is 0 Å². The van der Waals surface area contributed by atoms with Crippen LogP contribution < -0.4 is 10.6 Å². The molecule has 0 aliphatic carbocycles. The van der Waals surface area contributed by atoms with E-state index in [4.69, 9.17) is 0 Å². The fraction of sp³-hybridized carbons (Fsp3) is 0.125. The number of aromatic amines is 1. The average Bonchev–Trinajstić information content (AvgIpc) is 3.18. The first-order valence-electron chi connectivity index (χ1n) is 9.77. The molecule has 2 heterocycles. The van der Waals surface area contributed by atoms with Crippen molar-refractivity contribution < 1.29 is 9.59 Å². The van der Waals surface area contributed by atoms with Gasteiger partial charge in [-0.3, -0.25) is 14.6 Å². The van der Waals surface area contributed by atoms with Crippen LogP contribution in [0.1, 0.15) is 32.0 Å². The van der Waals surface area contributed by atoms with Gasteiger partial charge >= 0.3 is 0 Å². The van der Waals surface area contributed by atoms with Crippen molar-refractivity contribution in [2.45, 2.75) is 13.3 Å². The predicted octanol–water partition coefficient (Wildman–Crippen LogP) is 4.10. The average molecular weight is 398 g/mol. The van der Waals surface area contributed by atoms with Gasteiger partial charge in [0.25, 0.3) is 11.8 Å². The Morgan fingerprint density at radius 1 is 1.00 bits per heavy atom. The van der Waals surface area contributed by atoms with Crippen LogP contribution in [0.2, 0.25) is 0 Å². The summed E-state index contributed by atoms with van der Waals surface area (Å²) in [4.78, 5) is 32.3. The Bertz CT molecular complexity index is 1200. The topological polar surface area (TPSA) is 86.9 Å². The van der Waals surface area contributed by atoms with E-state index in [-0.39, 0.29) is 17.5 Å². The van der Waals surface area contributed by atoms with Crippen molar-refractivity contribution in [3.8, 4) is 0 Å². The summed E-state index contributed by atoms with van der Waals surface area (Å²) in [5.41, 5.74) is 4.62. The first-order valence-corrected chi connectivity index (χ1v) is 9.77. The van der Waals surface area contributed by atoms with Gasteiger partial charge in [0.1, 0.15) is 5.69 Å². The molecule has 30 heavy (non-hydrogen) atoms. The van der Waals surface area contributed by atoms with Crippen molar-refractivity contribution >= 4 is 28.4 Å². The lowest BCUT2D eigenvalue weighted by Gasteiger charge is -2.08. The molecule has 4 aromatic rings. The van der Waals surface area contributed by atoms with Crippen molar-refractivity contribution in [2.24, 2.45) is 0 Å². The highest BCUT2D eigenvalue weighted by Crippen LogP contribution is 2.17. The first kappa shape index (κ1) is 19.4. The maximum Gasteiger partial charge on any atom is 0.274 e. The molecule has 2 aromatic carbocycles. The molecular weight excluding hydrogens is 376 g/mol. The van der Waals surface area contributed by atoms with Gasteiger partial charge in [0.15, 0.2) is 0 Å². The fourth-order valence-electron chi connectivity index (χ4n) is 3.28. The Balaban J connectivity index is 1.37. The lowest BCUT2D eigenvalue weighted by molar-refractivity contribution is 0.0954. The maximum atomic E-state index is 12.5. The Kier molecular flexibility index (Phi) is 5.57. The second kappa shape index (κ2) is 8.61. The molecule has 3 N–H and O–H groups in total. The number of carbonyl (C=O) groups is 2. The van der Waals surface area contributed by atoms with Crippen LogP contribution in [0.15, 0.2) is 73.1 Å². The van der Waals surface area contributed by atoms with Gasteiger partial charge in [0.05, 0.1) is 0 Å². The van der Waals surface area contributed by atoms with E-state index < -0.39 is 0 Å². The minimum absolute atomic E-state index is 0.194. The van der Waals surface area contributed by atoms with Crippen molar-refractivity contribution in [1.29, 1.82) is 0 Å². The summed E-state index contributed by atoms with van der Waals surface area (Å²) in [7, 11) is 0. The number of pyridine rings is 1. The summed E-state index contributed by atoms with van der Waals surface area (Å²) in [6, 6.07) is 18.7. The van der Waals surface area contributed by atoms with Gasteiger partial charge in [-0.05, 0) is 49.2 Å². The normalized spacial score (nSPS) is 10.7. The van der Waals surface area contributed by atoms with Crippen molar-refractivity contribution in [3.63, 3.8) is 0 Å². The minimum Gasteiger partial charge on any atom is -0.361 e. The third-order valence-corrected chi connectivity index (χ3v) is 4.92. The summed E-state index contributed by atoms with van der Waals surface area (Å²) >= 11 is 0. The number of carbonyl (C=O) groups excluding carboxylic acids is 2. The first-order chi connectivity index (χ1) is 14.6. The fourth-order valence-corrected chi connectivity index (χ4v) is 3.28. The lowest BCUT2D eigenvalue weighted by atomic mass is 10.1. The zero-order valence-corrected chi connectivity index (χ0v) is 16.6. The molecule has 6 nitrogen and oxygen atoms in total. The molecule has 0 radical (unpaired) electrons. The molecule has 4 rings (SSSR count). The number of hydrogen-bond donors (Lipinski definition) is 3. The molecular formula is C24H22N4O2. The molecule has 0 spiro atoms. The highest BCUT2D eigenvalue weighted by atomic mass is 16.2. The van der Waals surface area contributed by atoms with Crippen molar-refractivity contribution in [2.75, 3.05) is 11.9 Å². The zero-order valence-electron chi connectivity index (χ0n) is 16.6. The molecule has 0 aliphatic rings. The number of aromatic nitrogens is 2. The Morgan fingerprint density at radius 2 is 1.80 bits per heavy atom. The Hall–Kier alpha value is -3.93. The quantitative estimate of drug-likeness (QED) is 0.457. The maximum absolute atomic E-state index is 12.5. The van der Waals surface area contributed by atoms with Gasteiger partial charge in [0.2, 0.25) is 0 Å². The van der Waals surface area contributed by atoms with Gasteiger partial charge in [-0.25, -0.2) is 0 Å². The minimum atomic E-state index is -0.354. The standard InChI is InChI=1S/C24H22N4O2/c1-16-6-8-19(9-7-16)28-24(30)22-14-17(10-12-25-22)23(29)26-13-11-18-15-27-21-5-3-2-4-20(18)21/h2-10,12,14-15,27H,11,13H2,1H3,(H,26,29)(H,28,30). The Labute approximate surface area is 174 Å². The third kappa shape index (κ3) is 4.38. The van der Waals surface area contributed by atoms with E-state index in [1.807, 2.05) is 55.6 Å². The summed E-state index contributed by atoms with van der Waals surface area (Å²) in [6.45, 7) is 2.47. The molecule has 0 atom stereocenters. The number of fused-ring (bicyclic) bond motifs is 1. The van der Waals surface area contributed by atoms with E-state index in [1.54, 1.807) is 6.07 Å². The van der Waals surface area contributed by atoms with Crippen LogP contribution in [-0.2, 0) is 6.42 Å². The zero-order chi connectivity index (χ0) is 20.9. The van der Waals surface area contributed by atoms with Crippen molar-refractivity contribution in [1.82, 2.24) is 15.3 Å². The van der Waals surface area contributed by atoms with E-state index in [1.165, 1.54) is 12.3 Å². The summed E-state index contributed by atoms with van der Waals surface area (Å²) in [6.07, 6.45) is 4.15. The highest BCUT2D eigenvalue weighted by molar-refractivity contribution is 6.04. The van der Waals surface area contributed by atoms with Crippen LogP contribution in [0, 0.1) is 6.92 Å². The number of nitrogens with zero attached hydrogens (tertiary/aromatic N) is 1. The molecule has 0 saturated heterocycles. The number of hydrogen-bond acceptors (Lipinski definition) is 3. The molecule has 0 unspecified atom stereocenters. The number of aryl methyl sites for hydroxylation is 1. The summed E-state index contributed by atoms with van der Waals surface area (Å²) in [5.74, 6) is -0.589. The number of benzene rings is 2.